The fourth-order valence-corrected chi connectivity index (χ4v) is 3.79. The number of tetrazole rings is 1. The van der Waals surface area contributed by atoms with Gasteiger partial charge in [0.15, 0.2) is 17.3 Å². The van der Waals surface area contributed by atoms with E-state index < -0.39 is 0 Å². The first-order valence-electron chi connectivity index (χ1n) is 12.0. The molecule has 0 spiro atoms. The van der Waals surface area contributed by atoms with Crippen LogP contribution in [-0.2, 0) is 6.42 Å². The maximum absolute atomic E-state index is 12.6. The number of anilines is 2. The molecule has 0 fully saturated rings. The van der Waals surface area contributed by atoms with Crippen molar-refractivity contribution in [3.05, 3.63) is 77.9 Å². The Labute approximate surface area is 214 Å². The summed E-state index contributed by atoms with van der Waals surface area (Å²) in [6, 6.07) is 20.5. The minimum absolute atomic E-state index is 0.148. The van der Waals surface area contributed by atoms with Gasteiger partial charge in [-0.2, -0.15) is 4.52 Å². The molecule has 2 aromatic heterocycles. The van der Waals surface area contributed by atoms with E-state index in [9.17, 15) is 4.79 Å². The molecular formula is C27H29N7O3. The molecule has 0 saturated carbocycles. The lowest BCUT2D eigenvalue weighted by Crippen LogP contribution is -2.25. The van der Waals surface area contributed by atoms with E-state index in [1.165, 1.54) is 0 Å². The summed E-state index contributed by atoms with van der Waals surface area (Å²) >= 11 is 0. The van der Waals surface area contributed by atoms with Crippen LogP contribution >= 0.6 is 0 Å². The van der Waals surface area contributed by atoms with Crippen LogP contribution in [0.1, 0.15) is 29.8 Å². The Bertz CT molecular complexity index is 1500. The summed E-state index contributed by atoms with van der Waals surface area (Å²) in [7, 11) is 3.20. The predicted octanol–water partition coefficient (Wildman–Crippen LogP) is 4.43. The van der Waals surface area contributed by atoms with Crippen molar-refractivity contribution in [1.82, 2.24) is 30.3 Å². The van der Waals surface area contributed by atoms with Crippen LogP contribution in [0.2, 0.25) is 0 Å². The first kappa shape index (κ1) is 25.4. The largest absolute Gasteiger partial charge is 0.493 e. The Hall–Kier alpha value is -4.73. The Balaban J connectivity index is 0.00000156. The third kappa shape index (κ3) is 5.58. The molecule has 0 radical (unpaired) electrons. The molecule has 5 rings (SSSR count). The number of fused-ring (bicyclic) bond motifs is 3. The number of nitrogens with one attached hydrogen (secondary N) is 2. The molecule has 0 aliphatic carbocycles. The second-order valence-electron chi connectivity index (χ2n) is 7.76. The van der Waals surface area contributed by atoms with Crippen LogP contribution in [0.5, 0.6) is 11.5 Å². The third-order valence-electron chi connectivity index (χ3n) is 5.58. The summed E-state index contributed by atoms with van der Waals surface area (Å²) in [5.41, 5.74) is 4.46. The number of carbonyl (C=O) groups excluding carboxylic acids is 1. The Morgan fingerprint density at radius 2 is 1.70 bits per heavy atom. The summed E-state index contributed by atoms with van der Waals surface area (Å²) in [5, 5.41) is 18.1. The van der Waals surface area contributed by atoms with E-state index in [4.69, 9.17) is 9.47 Å². The van der Waals surface area contributed by atoms with Crippen LogP contribution in [0.4, 0.5) is 11.5 Å². The maximum atomic E-state index is 12.6. The molecule has 0 saturated heterocycles. The highest BCUT2D eigenvalue weighted by molar-refractivity contribution is 5.94. The zero-order valence-corrected chi connectivity index (χ0v) is 21.2. The summed E-state index contributed by atoms with van der Waals surface area (Å²) in [6.07, 6.45) is 0.668. The van der Waals surface area contributed by atoms with Gasteiger partial charge in [-0.3, -0.25) is 4.79 Å². The van der Waals surface area contributed by atoms with Gasteiger partial charge in [0.05, 0.1) is 25.3 Å². The fraction of sp³-hybridized carbons (Fsp3) is 0.222. The van der Waals surface area contributed by atoms with Gasteiger partial charge in [-0.15, -0.1) is 5.10 Å². The number of hydrogen-bond acceptors (Lipinski definition) is 8. The molecule has 0 aliphatic rings. The number of amides is 1. The van der Waals surface area contributed by atoms with E-state index in [1.54, 1.807) is 30.9 Å². The Kier molecular flexibility index (Phi) is 8.09. The standard InChI is InChI=1S/C25H23N7O3.C2H6/c1-34-21-12-7-16(15-22(21)35-2)13-14-26-25(33)17-8-10-18(11-9-17)27-23-24-29-30-31-32(24)20-6-4-3-5-19(20)28-23;1-2/h3-12,15H,13-14H2,1-2H3,(H,26,33)(H,27,28);1-2H3. The van der Waals surface area contributed by atoms with Gasteiger partial charge in [-0.05, 0) is 70.9 Å². The van der Waals surface area contributed by atoms with Gasteiger partial charge >= 0.3 is 0 Å². The first-order valence-corrected chi connectivity index (χ1v) is 12.0. The van der Waals surface area contributed by atoms with E-state index in [-0.39, 0.29) is 5.91 Å². The van der Waals surface area contributed by atoms with Crippen molar-refractivity contribution >= 4 is 34.1 Å². The van der Waals surface area contributed by atoms with Crippen LogP contribution in [0.15, 0.2) is 66.7 Å². The van der Waals surface area contributed by atoms with E-state index in [2.05, 4.69) is 31.1 Å². The zero-order valence-electron chi connectivity index (χ0n) is 21.2. The van der Waals surface area contributed by atoms with E-state index in [1.807, 2.05) is 68.4 Å². The van der Waals surface area contributed by atoms with Crippen LogP contribution in [0.3, 0.4) is 0 Å². The lowest BCUT2D eigenvalue weighted by atomic mass is 10.1. The summed E-state index contributed by atoms with van der Waals surface area (Å²) in [5.74, 6) is 1.72. The third-order valence-corrected chi connectivity index (χ3v) is 5.58. The average molecular weight is 500 g/mol. The highest BCUT2D eigenvalue weighted by Crippen LogP contribution is 2.27. The molecule has 10 heteroatoms. The van der Waals surface area contributed by atoms with Crippen LogP contribution in [0.25, 0.3) is 16.7 Å². The Morgan fingerprint density at radius 1 is 0.946 bits per heavy atom. The summed E-state index contributed by atoms with van der Waals surface area (Å²) in [6.45, 7) is 4.49. The molecule has 5 aromatic rings. The number of rotatable bonds is 8. The quantitative estimate of drug-likeness (QED) is 0.322. The van der Waals surface area contributed by atoms with Gasteiger partial charge < -0.3 is 20.1 Å². The number of nitrogens with zero attached hydrogens (tertiary/aromatic N) is 5. The normalized spacial score (nSPS) is 10.5. The molecule has 10 nitrogen and oxygen atoms in total. The smallest absolute Gasteiger partial charge is 0.251 e. The van der Waals surface area contributed by atoms with E-state index >= 15 is 0 Å². The van der Waals surface area contributed by atoms with Gasteiger partial charge in [0, 0.05) is 17.8 Å². The number of aromatic nitrogens is 5. The van der Waals surface area contributed by atoms with Crippen LogP contribution < -0.4 is 20.1 Å². The lowest BCUT2D eigenvalue weighted by Gasteiger charge is -2.11. The predicted molar refractivity (Wildman–Crippen MR) is 143 cm³/mol. The minimum Gasteiger partial charge on any atom is -0.493 e. The van der Waals surface area contributed by atoms with Crippen molar-refractivity contribution in [2.75, 3.05) is 26.1 Å². The number of methoxy groups -OCH3 is 2. The SMILES string of the molecule is CC.COc1ccc(CCNC(=O)c2ccc(Nc3nc4ccccc4n4nnnc34)cc2)cc1OC. The highest BCUT2D eigenvalue weighted by Gasteiger charge is 2.12. The van der Waals surface area contributed by atoms with Gasteiger partial charge in [-0.25, -0.2) is 4.98 Å². The average Bonchev–Trinajstić information content (AvgIpc) is 3.45. The highest BCUT2D eigenvalue weighted by atomic mass is 16.5. The number of hydrogen-bond donors (Lipinski definition) is 2. The topological polar surface area (TPSA) is 116 Å². The number of carbonyl (C=O) groups is 1. The maximum Gasteiger partial charge on any atom is 0.251 e. The van der Waals surface area contributed by atoms with Gasteiger partial charge in [0.25, 0.3) is 5.91 Å². The summed E-state index contributed by atoms with van der Waals surface area (Å²) < 4.78 is 12.2. The van der Waals surface area contributed by atoms with Crippen molar-refractivity contribution in [3.8, 4) is 11.5 Å². The fourth-order valence-electron chi connectivity index (χ4n) is 3.79. The molecule has 0 unspecified atom stereocenters. The monoisotopic (exact) mass is 499 g/mol. The second kappa shape index (κ2) is 11.8. The molecule has 1 amide bonds. The molecule has 2 heterocycles. The Morgan fingerprint density at radius 3 is 2.46 bits per heavy atom. The van der Waals surface area contributed by atoms with Crippen molar-refractivity contribution in [2.24, 2.45) is 0 Å². The number of benzene rings is 3. The molecule has 0 aliphatic heterocycles. The molecular weight excluding hydrogens is 470 g/mol. The van der Waals surface area contributed by atoms with Gasteiger partial charge in [-0.1, -0.05) is 32.0 Å². The summed E-state index contributed by atoms with van der Waals surface area (Å²) in [4.78, 5) is 17.2. The van der Waals surface area contributed by atoms with Crippen molar-refractivity contribution in [1.29, 1.82) is 0 Å². The number of para-hydroxylation sites is 2. The van der Waals surface area contributed by atoms with Crippen molar-refractivity contribution < 1.29 is 14.3 Å². The lowest BCUT2D eigenvalue weighted by molar-refractivity contribution is 0.0954. The first-order chi connectivity index (χ1) is 18.2. The van der Waals surface area contributed by atoms with Gasteiger partial charge in [0.1, 0.15) is 0 Å². The van der Waals surface area contributed by atoms with E-state index in [0.717, 1.165) is 22.3 Å². The molecule has 190 valence electrons. The van der Waals surface area contributed by atoms with Gasteiger partial charge in [0.2, 0.25) is 5.65 Å². The zero-order chi connectivity index (χ0) is 26.2. The van der Waals surface area contributed by atoms with E-state index in [0.29, 0.717) is 41.5 Å². The molecule has 0 bridgehead atoms. The van der Waals surface area contributed by atoms with Crippen LogP contribution in [0, 0.1) is 0 Å². The molecule has 37 heavy (non-hydrogen) atoms. The molecule has 0 atom stereocenters. The van der Waals surface area contributed by atoms with Crippen LogP contribution in [-0.4, -0.2) is 51.7 Å². The van der Waals surface area contributed by atoms with Crippen molar-refractivity contribution in [2.45, 2.75) is 20.3 Å². The molecule has 3 aromatic carbocycles. The molecule has 2 N–H and O–H groups in total. The minimum atomic E-state index is -0.148. The second-order valence-corrected chi connectivity index (χ2v) is 7.76. The number of ether oxygens (including phenoxy) is 2. The van der Waals surface area contributed by atoms with Crippen molar-refractivity contribution in [3.63, 3.8) is 0 Å².